The molecule has 1 fully saturated rings. The van der Waals surface area contributed by atoms with E-state index in [9.17, 15) is 39.8 Å². The second-order valence-electron chi connectivity index (χ2n) is 21.2. The third-order valence-electron chi connectivity index (χ3n) is 14.5. The molecule has 0 amide bonds. The van der Waals surface area contributed by atoms with E-state index < -0.39 is 63.1 Å². The predicted octanol–water partition coefficient (Wildman–Crippen LogP) is 14.4. The fourth-order valence-electron chi connectivity index (χ4n) is 9.77. The summed E-state index contributed by atoms with van der Waals surface area (Å²) in [5, 5.41) is 50.4. The second kappa shape index (κ2) is 48.0. The molecular weight excluding hydrogens is 908 g/mol. The number of carbonyl (C=O) groups excluding carboxylic acids is 1. The van der Waals surface area contributed by atoms with Gasteiger partial charge in [0.1, 0.15) is 42.7 Å². The maximum Gasteiger partial charge on any atom is 0.472 e. The van der Waals surface area contributed by atoms with Crippen LogP contribution in [0.5, 0.6) is 0 Å². The van der Waals surface area contributed by atoms with Gasteiger partial charge in [0.25, 0.3) is 0 Å². The third kappa shape index (κ3) is 38.9. The maximum absolute atomic E-state index is 12.9. The van der Waals surface area contributed by atoms with Crippen molar-refractivity contribution in [3.05, 3.63) is 0 Å². The van der Waals surface area contributed by atoms with Crippen LogP contribution in [0, 0.1) is 0 Å². The molecule has 1 saturated carbocycles. The van der Waals surface area contributed by atoms with Crippen LogP contribution in [0.15, 0.2) is 0 Å². The van der Waals surface area contributed by atoms with E-state index in [1.807, 2.05) is 0 Å². The molecule has 0 aromatic rings. The first-order valence-corrected chi connectivity index (χ1v) is 31.4. The molecule has 0 bridgehead atoms. The van der Waals surface area contributed by atoms with Gasteiger partial charge >= 0.3 is 13.8 Å². The minimum atomic E-state index is -5.02. The molecule has 1 rings (SSSR count). The number of hydrogen-bond donors (Lipinski definition) is 6. The fraction of sp³-hybridized carbons (Fsp3) is 0.982. The Labute approximate surface area is 429 Å². The summed E-state index contributed by atoms with van der Waals surface area (Å²) in [4.78, 5) is 23.3. The van der Waals surface area contributed by atoms with Crippen LogP contribution in [0.25, 0.3) is 0 Å². The van der Waals surface area contributed by atoms with Crippen molar-refractivity contribution in [2.24, 2.45) is 0 Å². The Hall–Kier alpha value is -0.660. The normalized spacial score (nSPS) is 20.7. The number of esters is 1. The lowest BCUT2D eigenvalue weighted by atomic mass is 9.85. The Morgan fingerprint density at radius 1 is 0.400 bits per heavy atom. The van der Waals surface area contributed by atoms with E-state index in [0.717, 1.165) is 38.5 Å². The first-order chi connectivity index (χ1) is 34.0. The minimum absolute atomic E-state index is 0.0669. The number of phosphoric ester groups is 1. The first-order valence-electron chi connectivity index (χ1n) is 29.9. The van der Waals surface area contributed by atoms with Gasteiger partial charge in [-0.15, -0.1) is 0 Å². The lowest BCUT2D eigenvalue weighted by Crippen LogP contribution is -2.64. The highest BCUT2D eigenvalue weighted by atomic mass is 31.2. The van der Waals surface area contributed by atoms with Crippen LogP contribution in [-0.2, 0) is 27.9 Å². The van der Waals surface area contributed by atoms with Crippen molar-refractivity contribution in [3.8, 4) is 0 Å². The van der Waals surface area contributed by atoms with Crippen LogP contribution in [-0.4, -0.2) is 98.9 Å². The molecule has 0 aliphatic heterocycles. The van der Waals surface area contributed by atoms with Crippen molar-refractivity contribution < 1.29 is 58.3 Å². The molecule has 12 nitrogen and oxygen atoms in total. The number of phosphoric acid groups is 1. The molecule has 70 heavy (non-hydrogen) atoms. The van der Waals surface area contributed by atoms with Gasteiger partial charge in [0, 0.05) is 13.0 Å². The standard InChI is InChI=1S/C57H113O12P/c1-3-5-7-9-11-13-15-17-19-21-23-25-26-27-29-31-33-35-37-39-41-43-45-47-66-48-50(49-67-70(64,65)69-57-55(62)53(60)52(59)54(61)56(57)63)68-51(58)46-44-42-40-38-36-34-32-30-28-24-22-20-18-16-14-12-10-8-6-4-2/h50,52-57,59-63H,3-49H2,1-2H3,(H,64,65). The highest BCUT2D eigenvalue weighted by Crippen LogP contribution is 2.47. The summed E-state index contributed by atoms with van der Waals surface area (Å²) < 4.78 is 34.5. The Bertz CT molecular complexity index is 1160. The second-order valence-corrected chi connectivity index (χ2v) is 22.6. The highest BCUT2D eigenvalue weighted by Gasteiger charge is 2.51. The van der Waals surface area contributed by atoms with Crippen molar-refractivity contribution in [2.45, 2.75) is 339 Å². The van der Waals surface area contributed by atoms with Crippen molar-refractivity contribution in [2.75, 3.05) is 19.8 Å². The molecule has 0 radical (unpaired) electrons. The fourth-order valence-corrected chi connectivity index (χ4v) is 10.7. The van der Waals surface area contributed by atoms with Gasteiger partial charge in [-0.2, -0.15) is 0 Å². The lowest BCUT2D eigenvalue weighted by Gasteiger charge is -2.41. The SMILES string of the molecule is CCCCCCCCCCCCCCCCCCCCCCCCCOCC(COP(=O)(O)OC1C(O)C(O)C(O)C(O)C1O)OC(=O)CCCCCCCCCCCCCCCCCCCCCC. The Morgan fingerprint density at radius 3 is 0.986 bits per heavy atom. The molecule has 6 N–H and O–H groups in total. The average molecular weight is 1020 g/mol. The van der Waals surface area contributed by atoms with E-state index in [4.69, 9.17) is 18.5 Å². The van der Waals surface area contributed by atoms with Gasteiger partial charge in [-0.1, -0.05) is 277 Å². The Balaban J connectivity index is 2.24. The van der Waals surface area contributed by atoms with E-state index in [2.05, 4.69) is 13.8 Å². The van der Waals surface area contributed by atoms with Gasteiger partial charge in [0.05, 0.1) is 13.2 Å². The number of ether oxygens (including phenoxy) is 2. The molecule has 0 heterocycles. The molecule has 1 aliphatic carbocycles. The lowest BCUT2D eigenvalue weighted by molar-refractivity contribution is -0.220. The van der Waals surface area contributed by atoms with Crippen LogP contribution < -0.4 is 0 Å². The molecule has 6 unspecified atom stereocenters. The zero-order chi connectivity index (χ0) is 51.2. The average Bonchev–Trinajstić information content (AvgIpc) is 3.35. The van der Waals surface area contributed by atoms with Gasteiger partial charge in [-0.05, 0) is 12.8 Å². The van der Waals surface area contributed by atoms with Crippen molar-refractivity contribution in [3.63, 3.8) is 0 Å². The number of aliphatic hydroxyl groups excluding tert-OH is 5. The van der Waals surface area contributed by atoms with E-state index in [0.29, 0.717) is 13.0 Å². The van der Waals surface area contributed by atoms with Crippen molar-refractivity contribution in [1.29, 1.82) is 0 Å². The molecule has 0 aromatic carbocycles. The number of carbonyl (C=O) groups is 1. The van der Waals surface area contributed by atoms with E-state index >= 15 is 0 Å². The highest BCUT2D eigenvalue weighted by molar-refractivity contribution is 7.47. The summed E-state index contributed by atoms with van der Waals surface area (Å²) in [6, 6.07) is 0. The monoisotopic (exact) mass is 1020 g/mol. The van der Waals surface area contributed by atoms with Crippen LogP contribution in [0.1, 0.15) is 296 Å². The topological polar surface area (TPSA) is 192 Å². The van der Waals surface area contributed by atoms with E-state index in [1.165, 1.54) is 231 Å². The number of hydrogen-bond acceptors (Lipinski definition) is 11. The minimum Gasteiger partial charge on any atom is -0.457 e. The number of rotatable bonds is 53. The molecule has 0 spiro atoms. The van der Waals surface area contributed by atoms with Gasteiger partial charge < -0.3 is 39.9 Å². The largest absolute Gasteiger partial charge is 0.472 e. The Kier molecular flexibility index (Phi) is 46.2. The van der Waals surface area contributed by atoms with Gasteiger partial charge in [0.15, 0.2) is 0 Å². The Morgan fingerprint density at radius 2 is 0.671 bits per heavy atom. The third-order valence-corrected chi connectivity index (χ3v) is 15.5. The zero-order valence-electron chi connectivity index (χ0n) is 45.4. The van der Waals surface area contributed by atoms with E-state index in [-0.39, 0.29) is 13.0 Å². The van der Waals surface area contributed by atoms with E-state index in [1.54, 1.807) is 0 Å². The molecular formula is C57H113O12P. The zero-order valence-corrected chi connectivity index (χ0v) is 46.2. The van der Waals surface area contributed by atoms with Crippen LogP contribution in [0.2, 0.25) is 0 Å². The molecule has 0 saturated heterocycles. The number of unbranched alkanes of at least 4 members (excludes halogenated alkanes) is 41. The smallest absolute Gasteiger partial charge is 0.457 e. The quantitative estimate of drug-likeness (QED) is 0.0192. The van der Waals surface area contributed by atoms with Crippen LogP contribution in [0.3, 0.4) is 0 Å². The summed E-state index contributed by atoms with van der Waals surface area (Å²) in [6.07, 6.45) is 43.2. The molecule has 6 atom stereocenters. The van der Waals surface area contributed by atoms with Gasteiger partial charge in [0.2, 0.25) is 0 Å². The van der Waals surface area contributed by atoms with Gasteiger partial charge in [-0.25, -0.2) is 4.57 Å². The summed E-state index contributed by atoms with van der Waals surface area (Å²) in [7, 11) is -5.02. The van der Waals surface area contributed by atoms with Crippen LogP contribution in [0.4, 0.5) is 0 Å². The molecule has 13 heteroatoms. The number of aliphatic hydroxyl groups is 5. The van der Waals surface area contributed by atoms with Crippen LogP contribution >= 0.6 is 7.82 Å². The summed E-state index contributed by atoms with van der Waals surface area (Å²) in [5.74, 6) is -0.466. The van der Waals surface area contributed by atoms with Crippen molar-refractivity contribution in [1.82, 2.24) is 0 Å². The molecule has 1 aliphatic rings. The maximum atomic E-state index is 12.9. The summed E-state index contributed by atoms with van der Waals surface area (Å²) in [5.41, 5.74) is 0. The first kappa shape index (κ1) is 67.4. The molecule has 0 aromatic heterocycles. The molecule has 418 valence electrons. The predicted molar refractivity (Wildman–Crippen MR) is 286 cm³/mol. The summed E-state index contributed by atoms with van der Waals surface area (Å²) in [6.45, 7) is 4.35. The van der Waals surface area contributed by atoms with Gasteiger partial charge in [-0.3, -0.25) is 13.8 Å². The van der Waals surface area contributed by atoms with Crippen molar-refractivity contribution >= 4 is 13.8 Å². The summed E-state index contributed by atoms with van der Waals surface area (Å²) >= 11 is 0.